The second-order valence-electron chi connectivity index (χ2n) is 4.24. The quantitative estimate of drug-likeness (QED) is 0.900. The Balaban J connectivity index is 2.29. The third-order valence-electron chi connectivity index (χ3n) is 3.01. The van der Waals surface area contributed by atoms with Gasteiger partial charge in [-0.1, -0.05) is 17.7 Å². The molecule has 1 saturated heterocycles. The SMILES string of the molecule is O=S1(=O)CCC(C(O)c2c(F)cccc2Cl)C1. The van der Waals surface area contributed by atoms with Gasteiger partial charge >= 0.3 is 0 Å². The molecule has 0 aliphatic carbocycles. The minimum atomic E-state index is -3.10. The van der Waals surface area contributed by atoms with Gasteiger partial charge in [0.1, 0.15) is 5.82 Å². The lowest BCUT2D eigenvalue weighted by atomic mass is 9.95. The number of benzene rings is 1. The maximum absolute atomic E-state index is 13.6. The zero-order valence-corrected chi connectivity index (χ0v) is 10.5. The molecule has 1 aliphatic heterocycles. The van der Waals surface area contributed by atoms with E-state index in [4.69, 9.17) is 11.6 Å². The summed E-state index contributed by atoms with van der Waals surface area (Å²) in [4.78, 5) is 0. The van der Waals surface area contributed by atoms with Crippen molar-refractivity contribution < 1.29 is 17.9 Å². The first-order chi connectivity index (χ1) is 7.91. The summed E-state index contributed by atoms with van der Waals surface area (Å²) in [6, 6.07) is 4.12. The Hall–Kier alpha value is -0.650. The van der Waals surface area contributed by atoms with Gasteiger partial charge in [0.2, 0.25) is 0 Å². The first-order valence-corrected chi connectivity index (χ1v) is 7.43. The average Bonchev–Trinajstić information content (AvgIpc) is 2.58. The molecule has 1 aliphatic rings. The average molecular weight is 279 g/mol. The van der Waals surface area contributed by atoms with E-state index < -0.39 is 27.7 Å². The lowest BCUT2D eigenvalue weighted by molar-refractivity contribution is 0.117. The summed E-state index contributed by atoms with van der Waals surface area (Å²) in [6.45, 7) is 0. The highest BCUT2D eigenvalue weighted by molar-refractivity contribution is 7.91. The third kappa shape index (κ3) is 2.61. The monoisotopic (exact) mass is 278 g/mol. The summed E-state index contributed by atoms with van der Waals surface area (Å²) in [7, 11) is -3.10. The summed E-state index contributed by atoms with van der Waals surface area (Å²) in [5.74, 6) is -1.15. The van der Waals surface area contributed by atoms with Crippen molar-refractivity contribution in [2.45, 2.75) is 12.5 Å². The Kier molecular flexibility index (Phi) is 3.43. The van der Waals surface area contributed by atoms with Gasteiger partial charge in [0.15, 0.2) is 9.84 Å². The molecular formula is C11H12ClFO3S. The summed E-state index contributed by atoms with van der Waals surface area (Å²) >= 11 is 5.82. The Morgan fingerprint density at radius 3 is 2.71 bits per heavy atom. The van der Waals surface area contributed by atoms with Crippen molar-refractivity contribution in [2.24, 2.45) is 5.92 Å². The van der Waals surface area contributed by atoms with Gasteiger partial charge in [-0.05, 0) is 18.6 Å². The van der Waals surface area contributed by atoms with Crippen LogP contribution in [0.1, 0.15) is 18.1 Å². The predicted molar refractivity (Wildman–Crippen MR) is 63.1 cm³/mol. The van der Waals surface area contributed by atoms with Crippen molar-refractivity contribution in [1.29, 1.82) is 0 Å². The first-order valence-electron chi connectivity index (χ1n) is 5.23. The molecule has 0 saturated carbocycles. The fourth-order valence-electron chi connectivity index (χ4n) is 2.10. The summed E-state index contributed by atoms with van der Waals surface area (Å²) in [6.07, 6.45) is -0.824. The van der Waals surface area contributed by atoms with Crippen LogP contribution < -0.4 is 0 Å². The van der Waals surface area contributed by atoms with Crippen molar-refractivity contribution >= 4 is 21.4 Å². The van der Waals surface area contributed by atoms with E-state index in [9.17, 15) is 17.9 Å². The molecule has 94 valence electrons. The second-order valence-corrected chi connectivity index (χ2v) is 6.88. The molecule has 0 bridgehead atoms. The van der Waals surface area contributed by atoms with Crippen LogP contribution in [0, 0.1) is 11.7 Å². The van der Waals surface area contributed by atoms with E-state index >= 15 is 0 Å². The van der Waals surface area contributed by atoms with Gasteiger partial charge in [0.25, 0.3) is 0 Å². The number of halogens is 2. The van der Waals surface area contributed by atoms with Gasteiger partial charge in [-0.25, -0.2) is 12.8 Å². The van der Waals surface area contributed by atoms with Crippen molar-refractivity contribution in [3.63, 3.8) is 0 Å². The maximum Gasteiger partial charge on any atom is 0.150 e. The second kappa shape index (κ2) is 4.55. The molecule has 0 radical (unpaired) electrons. The standard InChI is InChI=1S/C11H12ClFO3S/c12-8-2-1-3-9(13)10(8)11(14)7-4-5-17(15,16)6-7/h1-3,7,11,14H,4-6H2. The minimum Gasteiger partial charge on any atom is -0.388 e. The van der Waals surface area contributed by atoms with E-state index in [-0.39, 0.29) is 22.1 Å². The highest BCUT2D eigenvalue weighted by Gasteiger charge is 2.35. The zero-order valence-electron chi connectivity index (χ0n) is 8.94. The zero-order chi connectivity index (χ0) is 12.6. The van der Waals surface area contributed by atoms with Crippen LogP contribution in [0.3, 0.4) is 0 Å². The van der Waals surface area contributed by atoms with E-state index in [2.05, 4.69) is 0 Å². The molecule has 17 heavy (non-hydrogen) atoms. The largest absolute Gasteiger partial charge is 0.388 e. The molecule has 2 atom stereocenters. The smallest absolute Gasteiger partial charge is 0.150 e. The fourth-order valence-corrected chi connectivity index (χ4v) is 4.21. The Bertz CT molecular complexity index is 509. The summed E-state index contributed by atoms with van der Waals surface area (Å²) in [5, 5.41) is 10.2. The van der Waals surface area contributed by atoms with E-state index in [0.717, 1.165) is 0 Å². The van der Waals surface area contributed by atoms with Crippen LogP contribution in [0.5, 0.6) is 0 Å². The van der Waals surface area contributed by atoms with E-state index in [1.807, 2.05) is 0 Å². The molecule has 1 heterocycles. The number of aliphatic hydroxyl groups is 1. The predicted octanol–water partition coefficient (Wildman–Crippen LogP) is 1.95. The van der Waals surface area contributed by atoms with Crippen LogP contribution in [0.4, 0.5) is 4.39 Å². The highest BCUT2D eigenvalue weighted by Crippen LogP contribution is 2.35. The molecular weight excluding hydrogens is 267 g/mol. The molecule has 0 aromatic heterocycles. The van der Waals surface area contributed by atoms with Crippen molar-refractivity contribution in [3.05, 3.63) is 34.6 Å². The van der Waals surface area contributed by atoms with Crippen molar-refractivity contribution in [2.75, 3.05) is 11.5 Å². The molecule has 6 heteroatoms. The lowest BCUT2D eigenvalue weighted by Crippen LogP contribution is -2.16. The number of sulfone groups is 1. The van der Waals surface area contributed by atoms with Crippen LogP contribution >= 0.6 is 11.6 Å². The van der Waals surface area contributed by atoms with Gasteiger partial charge < -0.3 is 5.11 Å². The topological polar surface area (TPSA) is 54.4 Å². The van der Waals surface area contributed by atoms with Crippen molar-refractivity contribution in [1.82, 2.24) is 0 Å². The fraction of sp³-hybridized carbons (Fsp3) is 0.455. The number of aliphatic hydroxyl groups excluding tert-OH is 1. The third-order valence-corrected chi connectivity index (χ3v) is 5.13. The van der Waals surface area contributed by atoms with Crippen LogP contribution in [-0.4, -0.2) is 25.0 Å². The Morgan fingerprint density at radius 1 is 1.47 bits per heavy atom. The lowest BCUT2D eigenvalue weighted by Gasteiger charge is -2.18. The van der Waals surface area contributed by atoms with E-state index in [0.29, 0.717) is 6.42 Å². The van der Waals surface area contributed by atoms with Crippen molar-refractivity contribution in [3.8, 4) is 0 Å². The van der Waals surface area contributed by atoms with Gasteiger partial charge in [0.05, 0.1) is 17.6 Å². The molecule has 1 fully saturated rings. The highest BCUT2D eigenvalue weighted by atomic mass is 35.5. The molecule has 0 amide bonds. The van der Waals surface area contributed by atoms with Crippen LogP contribution in [0.25, 0.3) is 0 Å². The Morgan fingerprint density at radius 2 is 2.18 bits per heavy atom. The summed E-state index contributed by atoms with van der Waals surface area (Å²) < 4.78 is 36.2. The van der Waals surface area contributed by atoms with Crippen LogP contribution in [0.15, 0.2) is 18.2 Å². The number of hydrogen-bond donors (Lipinski definition) is 1. The van der Waals surface area contributed by atoms with Crippen LogP contribution in [0.2, 0.25) is 5.02 Å². The van der Waals surface area contributed by atoms with E-state index in [1.165, 1.54) is 18.2 Å². The molecule has 1 N–H and O–H groups in total. The minimum absolute atomic E-state index is 0.00346. The molecule has 1 aromatic carbocycles. The van der Waals surface area contributed by atoms with Gasteiger partial charge in [-0.2, -0.15) is 0 Å². The normalized spacial score (nSPS) is 24.8. The molecule has 3 nitrogen and oxygen atoms in total. The Labute approximate surface area is 104 Å². The number of rotatable bonds is 2. The van der Waals surface area contributed by atoms with Gasteiger partial charge in [0, 0.05) is 16.5 Å². The maximum atomic E-state index is 13.6. The molecule has 1 aromatic rings. The van der Waals surface area contributed by atoms with Crippen LogP contribution in [-0.2, 0) is 9.84 Å². The first kappa shape index (κ1) is 12.8. The van der Waals surface area contributed by atoms with E-state index in [1.54, 1.807) is 0 Å². The van der Waals surface area contributed by atoms with Gasteiger partial charge in [-0.3, -0.25) is 0 Å². The molecule has 2 unspecified atom stereocenters. The number of hydrogen-bond acceptors (Lipinski definition) is 3. The molecule has 0 spiro atoms. The molecule has 2 rings (SSSR count). The van der Waals surface area contributed by atoms with Gasteiger partial charge in [-0.15, -0.1) is 0 Å². The summed E-state index contributed by atoms with van der Waals surface area (Å²) in [5.41, 5.74) is -0.00346.